The zero-order valence-corrected chi connectivity index (χ0v) is 13.4. The summed E-state index contributed by atoms with van der Waals surface area (Å²) >= 11 is 3.26. The van der Waals surface area contributed by atoms with Crippen LogP contribution in [-0.4, -0.2) is 29.1 Å². The van der Waals surface area contributed by atoms with Crippen LogP contribution in [0, 0.1) is 11.8 Å². The fourth-order valence-electron chi connectivity index (χ4n) is 1.66. The van der Waals surface area contributed by atoms with E-state index in [0.717, 1.165) is 5.75 Å². The molecule has 0 aliphatic heterocycles. The summed E-state index contributed by atoms with van der Waals surface area (Å²) in [7, 11) is 0. The van der Waals surface area contributed by atoms with Crippen molar-refractivity contribution in [3.63, 3.8) is 0 Å². The smallest absolute Gasteiger partial charge is 0.230 e. The lowest BCUT2D eigenvalue weighted by Gasteiger charge is -2.21. The van der Waals surface area contributed by atoms with Crippen molar-refractivity contribution in [3.05, 3.63) is 22.4 Å². The molecule has 1 heterocycles. The number of carbonyl (C=O) groups excluding carboxylic acids is 1. The molecule has 0 bridgehead atoms. The van der Waals surface area contributed by atoms with E-state index in [4.69, 9.17) is 5.11 Å². The van der Waals surface area contributed by atoms with Gasteiger partial charge in [-0.2, -0.15) is 11.8 Å². The average Bonchev–Trinajstić information content (AvgIpc) is 2.88. The van der Waals surface area contributed by atoms with Gasteiger partial charge in [-0.15, -0.1) is 11.3 Å². The lowest BCUT2D eigenvalue weighted by atomic mass is 10.0. The summed E-state index contributed by atoms with van der Waals surface area (Å²) in [6.07, 6.45) is 0. The van der Waals surface area contributed by atoms with Crippen LogP contribution in [0.5, 0.6) is 0 Å². The van der Waals surface area contributed by atoms with Crippen LogP contribution < -0.4 is 5.32 Å². The van der Waals surface area contributed by atoms with Crippen molar-refractivity contribution in [3.8, 4) is 0 Å². The monoisotopic (exact) mass is 301 g/mol. The maximum Gasteiger partial charge on any atom is 0.230 e. The van der Waals surface area contributed by atoms with Gasteiger partial charge in [-0.1, -0.05) is 26.8 Å². The van der Waals surface area contributed by atoms with E-state index in [9.17, 15) is 4.79 Å². The predicted octanol–water partition coefficient (Wildman–Crippen LogP) is 2.92. The number of hydrogen-bond donors (Lipinski definition) is 2. The fraction of sp³-hybridized carbons (Fsp3) is 0.643. The SMILES string of the molecule is CC(CO)CSCC(=O)NC(c1cccs1)C(C)C. The van der Waals surface area contributed by atoms with Gasteiger partial charge < -0.3 is 10.4 Å². The first-order valence-electron chi connectivity index (χ1n) is 6.56. The first kappa shape index (κ1) is 16.5. The summed E-state index contributed by atoms with van der Waals surface area (Å²) in [5, 5.41) is 14.1. The van der Waals surface area contributed by atoms with Crippen LogP contribution in [0.25, 0.3) is 0 Å². The number of thiophene rings is 1. The Hall–Kier alpha value is -0.520. The van der Waals surface area contributed by atoms with Crippen LogP contribution in [0.3, 0.4) is 0 Å². The zero-order valence-electron chi connectivity index (χ0n) is 11.8. The third kappa shape index (κ3) is 5.97. The molecule has 2 atom stereocenters. The van der Waals surface area contributed by atoms with Crippen molar-refractivity contribution < 1.29 is 9.90 Å². The van der Waals surface area contributed by atoms with E-state index in [0.29, 0.717) is 11.7 Å². The van der Waals surface area contributed by atoms with Gasteiger partial charge in [0.25, 0.3) is 0 Å². The largest absolute Gasteiger partial charge is 0.396 e. The Labute approximate surface area is 123 Å². The van der Waals surface area contributed by atoms with Crippen molar-refractivity contribution in [1.29, 1.82) is 0 Å². The van der Waals surface area contributed by atoms with Gasteiger partial charge in [0.05, 0.1) is 11.8 Å². The normalized spacial score (nSPS) is 14.4. The third-order valence-electron chi connectivity index (χ3n) is 2.78. The minimum absolute atomic E-state index is 0.0715. The zero-order chi connectivity index (χ0) is 14.3. The first-order valence-corrected chi connectivity index (χ1v) is 8.59. The van der Waals surface area contributed by atoms with E-state index in [1.54, 1.807) is 23.1 Å². The number of nitrogens with one attached hydrogen (secondary N) is 1. The number of aliphatic hydroxyl groups is 1. The fourth-order valence-corrected chi connectivity index (χ4v) is 3.50. The Morgan fingerprint density at radius 3 is 2.74 bits per heavy atom. The van der Waals surface area contributed by atoms with Gasteiger partial charge in [0.2, 0.25) is 5.91 Å². The third-order valence-corrected chi connectivity index (χ3v) is 5.01. The molecule has 0 aromatic carbocycles. The highest BCUT2D eigenvalue weighted by molar-refractivity contribution is 7.99. The molecule has 0 radical (unpaired) electrons. The van der Waals surface area contributed by atoms with Crippen LogP contribution in [0.4, 0.5) is 0 Å². The van der Waals surface area contributed by atoms with E-state index in [1.165, 1.54) is 4.88 Å². The number of hydrogen-bond acceptors (Lipinski definition) is 4. The van der Waals surface area contributed by atoms with E-state index in [2.05, 4.69) is 25.2 Å². The summed E-state index contributed by atoms with van der Waals surface area (Å²) in [6, 6.07) is 4.18. The molecule has 0 fully saturated rings. The summed E-state index contributed by atoms with van der Waals surface area (Å²) in [4.78, 5) is 13.1. The Morgan fingerprint density at radius 2 is 2.21 bits per heavy atom. The summed E-state index contributed by atoms with van der Waals surface area (Å²) in [5.41, 5.74) is 0. The second kappa shape index (κ2) is 8.61. The molecule has 0 saturated heterocycles. The Balaban J connectivity index is 2.40. The van der Waals surface area contributed by atoms with Crippen molar-refractivity contribution in [2.45, 2.75) is 26.8 Å². The van der Waals surface area contributed by atoms with Crippen molar-refractivity contribution in [1.82, 2.24) is 5.32 Å². The van der Waals surface area contributed by atoms with Crippen molar-refractivity contribution >= 4 is 29.0 Å². The Kier molecular flexibility index (Phi) is 7.49. The highest BCUT2D eigenvalue weighted by atomic mass is 32.2. The van der Waals surface area contributed by atoms with Gasteiger partial charge in [-0.05, 0) is 29.0 Å². The summed E-state index contributed by atoms with van der Waals surface area (Å²) in [5.74, 6) is 1.97. The number of carbonyl (C=O) groups is 1. The minimum atomic E-state index is 0.0715. The summed E-state index contributed by atoms with van der Waals surface area (Å²) in [6.45, 7) is 6.39. The van der Waals surface area contributed by atoms with E-state index in [-0.39, 0.29) is 24.5 Å². The molecule has 0 aliphatic carbocycles. The molecule has 2 unspecified atom stereocenters. The number of amides is 1. The lowest BCUT2D eigenvalue weighted by molar-refractivity contribution is -0.119. The molecule has 19 heavy (non-hydrogen) atoms. The van der Waals surface area contributed by atoms with Crippen LogP contribution in [0.2, 0.25) is 0 Å². The van der Waals surface area contributed by atoms with Gasteiger partial charge in [0.15, 0.2) is 0 Å². The molecule has 1 aromatic rings. The highest BCUT2D eigenvalue weighted by Crippen LogP contribution is 2.25. The van der Waals surface area contributed by atoms with Gasteiger partial charge in [0.1, 0.15) is 0 Å². The molecule has 0 spiro atoms. The number of thioether (sulfide) groups is 1. The maximum atomic E-state index is 11.9. The van der Waals surface area contributed by atoms with Gasteiger partial charge in [0, 0.05) is 11.5 Å². The second-order valence-corrected chi connectivity index (χ2v) is 7.12. The maximum absolute atomic E-state index is 11.9. The minimum Gasteiger partial charge on any atom is -0.396 e. The molecular formula is C14H23NO2S2. The second-order valence-electron chi connectivity index (χ2n) is 5.11. The van der Waals surface area contributed by atoms with Crippen LogP contribution >= 0.6 is 23.1 Å². The highest BCUT2D eigenvalue weighted by Gasteiger charge is 2.19. The Bertz CT molecular complexity index is 366. The quantitative estimate of drug-likeness (QED) is 0.776. The molecule has 1 rings (SSSR count). The molecule has 0 saturated carbocycles. The summed E-state index contributed by atoms with van der Waals surface area (Å²) < 4.78 is 0. The average molecular weight is 301 g/mol. The standard InChI is InChI=1S/C14H23NO2S2/c1-10(2)14(12-5-4-6-19-12)15-13(17)9-18-8-11(3)7-16/h4-6,10-11,14,16H,7-9H2,1-3H3,(H,15,17). The molecule has 1 amide bonds. The number of aliphatic hydroxyl groups excluding tert-OH is 1. The predicted molar refractivity (Wildman–Crippen MR) is 83.6 cm³/mol. The lowest BCUT2D eigenvalue weighted by Crippen LogP contribution is -2.32. The molecule has 0 aliphatic rings. The van der Waals surface area contributed by atoms with Gasteiger partial charge in [-0.25, -0.2) is 0 Å². The topological polar surface area (TPSA) is 49.3 Å². The molecule has 108 valence electrons. The van der Waals surface area contributed by atoms with Crippen molar-refractivity contribution in [2.24, 2.45) is 11.8 Å². The van der Waals surface area contributed by atoms with Crippen molar-refractivity contribution in [2.75, 3.05) is 18.1 Å². The van der Waals surface area contributed by atoms with Gasteiger partial charge in [-0.3, -0.25) is 4.79 Å². The molecule has 2 N–H and O–H groups in total. The molecule has 5 heteroatoms. The van der Waals surface area contributed by atoms with Crippen LogP contribution in [0.1, 0.15) is 31.7 Å². The number of rotatable bonds is 8. The van der Waals surface area contributed by atoms with E-state index >= 15 is 0 Å². The molecule has 3 nitrogen and oxygen atoms in total. The van der Waals surface area contributed by atoms with Gasteiger partial charge >= 0.3 is 0 Å². The molecular weight excluding hydrogens is 278 g/mol. The van der Waals surface area contributed by atoms with E-state index < -0.39 is 0 Å². The molecule has 1 aromatic heterocycles. The van der Waals surface area contributed by atoms with E-state index in [1.807, 2.05) is 18.4 Å². The van der Waals surface area contributed by atoms with Crippen LogP contribution in [0.15, 0.2) is 17.5 Å². The Morgan fingerprint density at radius 1 is 1.47 bits per heavy atom. The van der Waals surface area contributed by atoms with Crippen LogP contribution in [-0.2, 0) is 4.79 Å². The first-order chi connectivity index (χ1) is 9.04.